The number of carbonyl (C=O) groups is 3. The monoisotopic (exact) mass is 325 g/mol. The van der Waals surface area contributed by atoms with Crippen LogP contribution in [-0.2, 0) is 14.4 Å². The molecule has 0 saturated heterocycles. The summed E-state index contributed by atoms with van der Waals surface area (Å²) in [4.78, 5) is 29.4. The molecule has 0 aromatic rings. The first kappa shape index (κ1) is 25.2. The number of carboxylic acid groups (broad SMARTS) is 3. The average molecular weight is 325 g/mol. The van der Waals surface area contributed by atoms with Crippen LogP contribution in [0.1, 0.15) is 27.7 Å². The van der Waals surface area contributed by atoms with Crippen molar-refractivity contribution in [1.82, 2.24) is 0 Å². The van der Waals surface area contributed by atoms with Crippen molar-refractivity contribution < 1.29 is 34.8 Å². The fourth-order valence-corrected chi connectivity index (χ4v) is 0.491. The Morgan fingerprint density at radius 1 is 0.727 bits per heavy atom. The van der Waals surface area contributed by atoms with Crippen LogP contribution < -0.4 is 17.2 Å². The third-order valence-corrected chi connectivity index (χ3v) is 2.20. The molecule has 0 heterocycles. The Bertz CT molecular complexity index is 322. The first-order valence-electron chi connectivity index (χ1n) is 6.38. The molecule has 4 atom stereocenters. The first-order chi connectivity index (χ1) is 9.75. The maximum atomic E-state index is 10.0. The first-order valence-corrected chi connectivity index (χ1v) is 6.38. The predicted molar refractivity (Wildman–Crippen MR) is 79.0 cm³/mol. The van der Waals surface area contributed by atoms with E-state index in [4.69, 9.17) is 37.6 Å². The molecule has 4 unspecified atom stereocenters. The number of aliphatic carboxylic acids is 3. The molecule has 0 aliphatic rings. The molecule has 0 aromatic heterocycles. The molecule has 0 spiro atoms. The highest BCUT2D eigenvalue weighted by Crippen LogP contribution is 1.96. The molecule has 0 rings (SSSR count). The molecule has 0 aliphatic carbocycles. The number of aliphatic hydroxyl groups is 1. The Morgan fingerprint density at radius 2 is 1.00 bits per heavy atom. The lowest BCUT2D eigenvalue weighted by molar-refractivity contribution is -0.141. The van der Waals surface area contributed by atoms with Crippen LogP contribution in [0.25, 0.3) is 0 Å². The highest BCUT2D eigenvalue weighted by molar-refractivity contribution is 5.74. The number of aliphatic hydroxyl groups excluding tert-OH is 1. The van der Waals surface area contributed by atoms with Crippen molar-refractivity contribution in [3.8, 4) is 0 Å². The van der Waals surface area contributed by atoms with Crippen LogP contribution in [0.4, 0.5) is 0 Å². The van der Waals surface area contributed by atoms with Gasteiger partial charge in [-0.15, -0.1) is 0 Å². The summed E-state index contributed by atoms with van der Waals surface area (Å²) in [6.45, 7) is 6.30. The van der Waals surface area contributed by atoms with E-state index in [1.54, 1.807) is 13.8 Å². The van der Waals surface area contributed by atoms with Crippen molar-refractivity contribution in [2.75, 3.05) is 0 Å². The minimum atomic E-state index is -1.18. The minimum absolute atomic E-state index is 0.0208. The Balaban J connectivity index is -0.000000249. The molecule has 0 aromatic carbocycles. The second-order valence-corrected chi connectivity index (χ2v) is 4.84. The van der Waals surface area contributed by atoms with E-state index in [0.717, 1.165) is 0 Å². The zero-order valence-corrected chi connectivity index (χ0v) is 13.1. The van der Waals surface area contributed by atoms with Gasteiger partial charge in [0.15, 0.2) is 0 Å². The van der Waals surface area contributed by atoms with Gasteiger partial charge in [0.1, 0.15) is 18.1 Å². The van der Waals surface area contributed by atoms with Crippen molar-refractivity contribution in [1.29, 1.82) is 0 Å². The van der Waals surface area contributed by atoms with Gasteiger partial charge in [0.25, 0.3) is 0 Å². The van der Waals surface area contributed by atoms with E-state index in [0.29, 0.717) is 0 Å². The lowest BCUT2D eigenvalue weighted by Crippen LogP contribution is -2.39. The topological polar surface area (TPSA) is 210 Å². The van der Waals surface area contributed by atoms with E-state index in [1.165, 1.54) is 13.8 Å². The summed E-state index contributed by atoms with van der Waals surface area (Å²) in [5.41, 5.74) is 14.9. The van der Waals surface area contributed by atoms with Crippen LogP contribution in [0.2, 0.25) is 0 Å². The van der Waals surface area contributed by atoms with Crippen LogP contribution in [0.15, 0.2) is 0 Å². The minimum Gasteiger partial charge on any atom is -0.480 e. The molecule has 10 N–H and O–H groups in total. The fourth-order valence-electron chi connectivity index (χ4n) is 0.491. The van der Waals surface area contributed by atoms with Crippen molar-refractivity contribution >= 4 is 17.9 Å². The van der Waals surface area contributed by atoms with Gasteiger partial charge in [0, 0.05) is 0 Å². The third-order valence-electron chi connectivity index (χ3n) is 2.20. The molecule has 0 amide bonds. The lowest BCUT2D eigenvalue weighted by Gasteiger charge is -2.07. The molecule has 22 heavy (non-hydrogen) atoms. The molecule has 0 saturated carbocycles. The smallest absolute Gasteiger partial charge is 0.323 e. The SMILES string of the molecule is CC(C)C(N)C(=O)O.CC(N)C(=O)O.CC(O)C(N)C(=O)O. The quantitative estimate of drug-likeness (QED) is 0.303. The van der Waals surface area contributed by atoms with Gasteiger partial charge in [-0.2, -0.15) is 0 Å². The lowest BCUT2D eigenvalue weighted by atomic mass is 10.1. The second-order valence-electron chi connectivity index (χ2n) is 4.84. The van der Waals surface area contributed by atoms with E-state index >= 15 is 0 Å². The Hall–Kier alpha value is -1.75. The summed E-state index contributed by atoms with van der Waals surface area (Å²) in [7, 11) is 0. The van der Waals surface area contributed by atoms with E-state index in [-0.39, 0.29) is 5.92 Å². The number of rotatable bonds is 5. The number of nitrogens with two attached hydrogens (primary N) is 3. The largest absolute Gasteiger partial charge is 0.480 e. The van der Waals surface area contributed by atoms with Crippen molar-refractivity contribution in [2.24, 2.45) is 23.1 Å². The predicted octanol–water partition coefficient (Wildman–Crippen LogP) is -1.75. The number of hydrogen-bond acceptors (Lipinski definition) is 7. The van der Waals surface area contributed by atoms with Gasteiger partial charge in [-0.1, -0.05) is 13.8 Å². The van der Waals surface area contributed by atoms with Crippen molar-refractivity contribution in [2.45, 2.75) is 51.9 Å². The van der Waals surface area contributed by atoms with Gasteiger partial charge >= 0.3 is 17.9 Å². The summed E-state index contributed by atoms with van der Waals surface area (Å²) >= 11 is 0. The fraction of sp³-hybridized carbons (Fsp3) is 0.750. The number of hydrogen-bond donors (Lipinski definition) is 7. The second kappa shape index (κ2) is 13.0. The molecule has 0 radical (unpaired) electrons. The maximum absolute atomic E-state index is 10.0. The summed E-state index contributed by atoms with van der Waals surface area (Å²) in [6.07, 6.45) is -0.979. The summed E-state index contributed by atoms with van der Waals surface area (Å²) in [5, 5.41) is 32.6. The van der Waals surface area contributed by atoms with Crippen molar-refractivity contribution in [3.05, 3.63) is 0 Å². The van der Waals surface area contributed by atoms with Gasteiger partial charge in [-0.3, -0.25) is 14.4 Å². The summed E-state index contributed by atoms with van der Waals surface area (Å²) in [5.74, 6) is -3.05. The van der Waals surface area contributed by atoms with Crippen LogP contribution in [0, 0.1) is 5.92 Å². The highest BCUT2D eigenvalue weighted by atomic mass is 16.4. The standard InChI is InChI=1S/C5H11NO2.C4H9NO3.C3H7NO2/c1-3(2)4(6)5(7)8;1-2(6)3(5)4(7)8;1-2(4)3(5)6/h3-4H,6H2,1-2H3,(H,7,8);2-3,6H,5H2,1H3,(H,7,8);2H,4H2,1H3,(H,5,6). The normalized spacial score (nSPS) is 15.1. The van der Waals surface area contributed by atoms with Crippen molar-refractivity contribution in [3.63, 3.8) is 0 Å². The van der Waals surface area contributed by atoms with Crippen LogP contribution in [0.3, 0.4) is 0 Å². The molecular weight excluding hydrogens is 298 g/mol. The maximum Gasteiger partial charge on any atom is 0.323 e. The van der Waals surface area contributed by atoms with Gasteiger partial charge in [-0.05, 0) is 19.8 Å². The van der Waals surface area contributed by atoms with Gasteiger partial charge < -0.3 is 37.6 Å². The number of carboxylic acids is 3. The third kappa shape index (κ3) is 16.3. The summed E-state index contributed by atoms with van der Waals surface area (Å²) < 4.78 is 0. The Kier molecular flexibility index (Phi) is 14.8. The van der Waals surface area contributed by atoms with Crippen LogP contribution in [0.5, 0.6) is 0 Å². The molecule has 0 fully saturated rings. The van der Waals surface area contributed by atoms with Gasteiger partial charge in [-0.25, -0.2) is 0 Å². The summed E-state index contributed by atoms with van der Waals surface area (Å²) in [6, 6.07) is -2.60. The zero-order valence-electron chi connectivity index (χ0n) is 13.1. The average Bonchev–Trinajstić information content (AvgIpc) is 2.37. The van der Waals surface area contributed by atoms with Gasteiger partial charge in [0.05, 0.1) is 6.10 Å². The van der Waals surface area contributed by atoms with Crippen LogP contribution >= 0.6 is 0 Å². The van der Waals surface area contributed by atoms with Gasteiger partial charge in [0.2, 0.25) is 0 Å². The molecule has 0 bridgehead atoms. The Labute approximate surface area is 128 Å². The molecule has 0 aliphatic heterocycles. The van der Waals surface area contributed by atoms with E-state index in [9.17, 15) is 14.4 Å². The molecule has 10 heteroatoms. The molecule has 132 valence electrons. The van der Waals surface area contributed by atoms with E-state index in [2.05, 4.69) is 0 Å². The van der Waals surface area contributed by atoms with Crippen LogP contribution in [-0.4, -0.2) is 62.6 Å². The zero-order chi connectivity index (χ0) is 18.6. The highest BCUT2D eigenvalue weighted by Gasteiger charge is 2.16. The Morgan fingerprint density at radius 3 is 1.00 bits per heavy atom. The van der Waals surface area contributed by atoms with E-state index in [1.807, 2.05) is 0 Å². The van der Waals surface area contributed by atoms with E-state index < -0.39 is 42.1 Å². The molecular formula is C12H27N3O7. The molecule has 10 nitrogen and oxygen atoms in total.